The zero-order valence-electron chi connectivity index (χ0n) is 17.9. The Bertz CT molecular complexity index is 866. The molecule has 2 atom stereocenters. The first kappa shape index (κ1) is 24.3. The Labute approximate surface area is 186 Å². The minimum absolute atomic E-state index is 0.300. The fraction of sp³-hybridized carbons (Fsp3) is 0.250. The van der Waals surface area contributed by atoms with Gasteiger partial charge in [-0.15, -0.1) is 0 Å². The molecule has 2 N–H and O–H groups in total. The van der Waals surface area contributed by atoms with Gasteiger partial charge in [0.1, 0.15) is 0 Å². The summed E-state index contributed by atoms with van der Waals surface area (Å²) in [5, 5.41) is 5.31. The first-order valence-electron chi connectivity index (χ1n) is 10.1. The van der Waals surface area contributed by atoms with Crippen LogP contribution in [0.15, 0.2) is 72.8 Å². The minimum Gasteiger partial charge on any atom is -0.449 e. The van der Waals surface area contributed by atoms with Crippen molar-refractivity contribution in [1.82, 2.24) is 10.6 Å². The molecule has 0 radical (unpaired) electrons. The van der Waals surface area contributed by atoms with Crippen molar-refractivity contribution in [3.05, 3.63) is 83.9 Å². The molecule has 0 aliphatic rings. The Morgan fingerprint density at radius 3 is 1.38 bits per heavy atom. The molecule has 2 rings (SSSR count). The fourth-order valence-electron chi connectivity index (χ4n) is 2.53. The van der Waals surface area contributed by atoms with Crippen LogP contribution in [0.3, 0.4) is 0 Å². The molecule has 0 spiro atoms. The molecule has 8 heteroatoms. The molecule has 0 aromatic heterocycles. The summed E-state index contributed by atoms with van der Waals surface area (Å²) < 4.78 is 9.93. The molecule has 0 heterocycles. The molecule has 2 aromatic rings. The van der Waals surface area contributed by atoms with E-state index in [1.807, 2.05) is 60.7 Å². The van der Waals surface area contributed by atoms with Crippen molar-refractivity contribution in [1.29, 1.82) is 0 Å². The van der Waals surface area contributed by atoms with Gasteiger partial charge in [-0.05, 0) is 25.0 Å². The van der Waals surface area contributed by atoms with E-state index in [1.54, 1.807) is 0 Å². The Hall–Kier alpha value is -3.94. The molecule has 0 saturated heterocycles. The molecule has 0 fully saturated rings. The van der Waals surface area contributed by atoms with Crippen molar-refractivity contribution in [2.24, 2.45) is 0 Å². The van der Waals surface area contributed by atoms with Gasteiger partial charge in [0, 0.05) is 25.2 Å². The van der Waals surface area contributed by atoms with Gasteiger partial charge in [-0.25, -0.2) is 9.59 Å². The number of nitrogens with one attached hydrogen (secondary N) is 2. The molecule has 0 aliphatic carbocycles. The highest BCUT2D eigenvalue weighted by Gasteiger charge is 2.18. The van der Waals surface area contributed by atoms with E-state index in [9.17, 15) is 19.2 Å². The third-order valence-electron chi connectivity index (χ3n) is 4.30. The minimum atomic E-state index is -1.05. The number of ether oxygens (including phenoxy) is 2. The average Bonchev–Trinajstić information content (AvgIpc) is 2.80. The van der Waals surface area contributed by atoms with Crippen LogP contribution in [0, 0.1) is 0 Å². The molecule has 0 bridgehead atoms. The lowest BCUT2D eigenvalue weighted by Crippen LogP contribution is -2.35. The van der Waals surface area contributed by atoms with Gasteiger partial charge in [-0.2, -0.15) is 0 Å². The highest BCUT2D eigenvalue weighted by Crippen LogP contribution is 2.01. The number of hydrogen-bond donors (Lipinski definition) is 2. The van der Waals surface area contributed by atoms with E-state index >= 15 is 0 Å². The Morgan fingerprint density at radius 1 is 0.688 bits per heavy atom. The quantitative estimate of drug-likeness (QED) is 0.434. The first-order valence-corrected chi connectivity index (χ1v) is 10.1. The summed E-state index contributed by atoms with van der Waals surface area (Å²) >= 11 is 0. The van der Waals surface area contributed by atoms with Crippen LogP contribution < -0.4 is 10.6 Å². The van der Waals surface area contributed by atoms with Crippen LogP contribution in [0.2, 0.25) is 0 Å². The molecular formula is C24H26N2O6. The van der Waals surface area contributed by atoms with Crippen LogP contribution in [0.25, 0.3) is 0 Å². The van der Waals surface area contributed by atoms with Gasteiger partial charge in [0.25, 0.3) is 11.8 Å². The van der Waals surface area contributed by atoms with E-state index in [-0.39, 0.29) is 0 Å². The van der Waals surface area contributed by atoms with E-state index < -0.39 is 36.0 Å². The predicted molar refractivity (Wildman–Crippen MR) is 117 cm³/mol. The van der Waals surface area contributed by atoms with Gasteiger partial charge < -0.3 is 20.1 Å². The number of hydrogen-bond acceptors (Lipinski definition) is 6. The van der Waals surface area contributed by atoms with Crippen LogP contribution in [-0.4, -0.2) is 36.0 Å². The topological polar surface area (TPSA) is 111 Å². The molecular weight excluding hydrogens is 412 g/mol. The summed E-state index contributed by atoms with van der Waals surface area (Å²) in [5.74, 6) is -2.71. The van der Waals surface area contributed by atoms with Crippen molar-refractivity contribution >= 4 is 23.8 Å². The number of amides is 2. The molecule has 0 saturated carbocycles. The van der Waals surface area contributed by atoms with Gasteiger partial charge in [-0.3, -0.25) is 9.59 Å². The number of esters is 2. The van der Waals surface area contributed by atoms with E-state index in [2.05, 4.69) is 10.6 Å². The van der Waals surface area contributed by atoms with Crippen LogP contribution in [-0.2, 0) is 41.7 Å². The normalized spacial score (nSPS) is 12.4. The summed E-state index contributed by atoms with van der Waals surface area (Å²) in [6.45, 7) is 3.44. The lowest BCUT2D eigenvalue weighted by atomic mass is 10.2. The lowest BCUT2D eigenvalue weighted by molar-refractivity contribution is -0.151. The lowest BCUT2D eigenvalue weighted by Gasteiger charge is -2.13. The maximum absolute atomic E-state index is 12.0. The third kappa shape index (κ3) is 8.83. The van der Waals surface area contributed by atoms with E-state index in [0.717, 1.165) is 23.3 Å². The van der Waals surface area contributed by atoms with Gasteiger partial charge >= 0.3 is 11.9 Å². The standard InChI is InChI=1S/C24H26N2O6/c1-17(23(29)25-15-19-9-5-3-6-10-19)31-21(27)13-14-22(28)32-18(2)24(30)26-16-20-11-7-4-8-12-20/h3-14,17-18H,15-16H2,1-2H3,(H,25,29)(H,26,30)/b14-13+. The van der Waals surface area contributed by atoms with Crippen LogP contribution in [0.1, 0.15) is 25.0 Å². The smallest absolute Gasteiger partial charge is 0.331 e. The monoisotopic (exact) mass is 438 g/mol. The molecule has 168 valence electrons. The molecule has 2 aromatic carbocycles. The highest BCUT2D eigenvalue weighted by atomic mass is 16.6. The molecule has 2 unspecified atom stereocenters. The van der Waals surface area contributed by atoms with Crippen molar-refractivity contribution in [3.63, 3.8) is 0 Å². The zero-order chi connectivity index (χ0) is 23.3. The van der Waals surface area contributed by atoms with Crippen molar-refractivity contribution in [2.45, 2.75) is 39.1 Å². The van der Waals surface area contributed by atoms with Crippen molar-refractivity contribution < 1.29 is 28.7 Å². The maximum Gasteiger partial charge on any atom is 0.331 e. The Morgan fingerprint density at radius 2 is 1.03 bits per heavy atom. The van der Waals surface area contributed by atoms with Gasteiger partial charge in [0.05, 0.1) is 0 Å². The second-order valence-corrected chi connectivity index (χ2v) is 6.90. The van der Waals surface area contributed by atoms with Crippen LogP contribution in [0.4, 0.5) is 0 Å². The highest BCUT2D eigenvalue weighted by molar-refractivity contribution is 5.94. The third-order valence-corrected chi connectivity index (χ3v) is 4.30. The van der Waals surface area contributed by atoms with Crippen LogP contribution in [0.5, 0.6) is 0 Å². The Kier molecular flexibility index (Phi) is 9.65. The van der Waals surface area contributed by atoms with Crippen molar-refractivity contribution in [2.75, 3.05) is 0 Å². The second kappa shape index (κ2) is 12.7. The fourth-order valence-corrected chi connectivity index (χ4v) is 2.53. The average molecular weight is 438 g/mol. The maximum atomic E-state index is 12.0. The summed E-state index contributed by atoms with van der Waals surface area (Å²) in [5.41, 5.74) is 1.81. The Balaban J connectivity index is 1.70. The summed E-state index contributed by atoms with van der Waals surface area (Å²) in [4.78, 5) is 47.7. The van der Waals surface area contributed by atoms with Crippen molar-refractivity contribution in [3.8, 4) is 0 Å². The zero-order valence-corrected chi connectivity index (χ0v) is 17.9. The number of carbonyl (C=O) groups is 4. The number of carbonyl (C=O) groups excluding carboxylic acids is 4. The van der Waals surface area contributed by atoms with Gasteiger partial charge in [0.15, 0.2) is 12.2 Å². The second-order valence-electron chi connectivity index (χ2n) is 6.90. The van der Waals surface area contributed by atoms with E-state index in [1.165, 1.54) is 13.8 Å². The van der Waals surface area contributed by atoms with Crippen LogP contribution >= 0.6 is 0 Å². The van der Waals surface area contributed by atoms with E-state index in [4.69, 9.17) is 9.47 Å². The van der Waals surface area contributed by atoms with Gasteiger partial charge in [-0.1, -0.05) is 60.7 Å². The predicted octanol–water partition coefficient (Wildman–Crippen LogP) is 2.04. The summed E-state index contributed by atoms with van der Waals surface area (Å²) in [7, 11) is 0. The molecule has 32 heavy (non-hydrogen) atoms. The molecule has 8 nitrogen and oxygen atoms in total. The summed E-state index contributed by atoms with van der Waals surface area (Å²) in [6, 6.07) is 18.6. The SMILES string of the molecule is CC(OC(=O)/C=C/C(=O)OC(C)C(=O)NCc1ccccc1)C(=O)NCc1ccccc1. The largest absolute Gasteiger partial charge is 0.449 e. The number of rotatable bonds is 10. The van der Waals surface area contributed by atoms with Gasteiger partial charge in [0.2, 0.25) is 0 Å². The summed E-state index contributed by atoms with van der Waals surface area (Å²) in [6.07, 6.45) is -0.403. The van der Waals surface area contributed by atoms with E-state index in [0.29, 0.717) is 13.1 Å². The molecule has 0 aliphatic heterocycles. The first-order chi connectivity index (χ1) is 15.3. The number of benzene rings is 2. The molecule has 2 amide bonds.